The van der Waals surface area contributed by atoms with Gasteiger partial charge in [-0.05, 0) is 37.5 Å². The fraction of sp³-hybridized carbons (Fsp3) is 0.714. The van der Waals surface area contributed by atoms with E-state index >= 15 is 0 Å². The average molecular weight is 194 g/mol. The van der Waals surface area contributed by atoms with E-state index in [9.17, 15) is 0 Å². The fourth-order valence-electron chi connectivity index (χ4n) is 1.89. The summed E-state index contributed by atoms with van der Waals surface area (Å²) >= 11 is 0. The molecule has 0 radical (unpaired) electrons. The lowest BCUT2D eigenvalue weighted by Gasteiger charge is -2.20. The lowest BCUT2D eigenvalue weighted by molar-refractivity contribution is 0.330. The van der Waals surface area contributed by atoms with Crippen molar-refractivity contribution < 1.29 is 0 Å². The molecule has 14 heavy (non-hydrogen) atoms. The molecule has 2 atom stereocenters. The van der Waals surface area contributed by atoms with Crippen LogP contribution < -0.4 is 0 Å². The monoisotopic (exact) mass is 194 g/mol. The molecule has 0 heteroatoms. The van der Waals surface area contributed by atoms with Gasteiger partial charge < -0.3 is 0 Å². The minimum Gasteiger partial charge on any atom is -0.103 e. The first-order valence-electron chi connectivity index (χ1n) is 6.02. The van der Waals surface area contributed by atoms with Gasteiger partial charge in [0.05, 0.1) is 0 Å². The second kappa shape index (κ2) is 9.05. The molecular weight excluding hydrogens is 168 g/mol. The molecule has 0 saturated carbocycles. The van der Waals surface area contributed by atoms with Crippen molar-refractivity contribution in [3.05, 3.63) is 24.8 Å². The third-order valence-corrected chi connectivity index (χ3v) is 2.98. The summed E-state index contributed by atoms with van der Waals surface area (Å²) in [5.74, 6) is 1.69. The zero-order valence-corrected chi connectivity index (χ0v) is 10.1. The second-order valence-corrected chi connectivity index (χ2v) is 4.13. The van der Waals surface area contributed by atoms with E-state index in [1.165, 1.54) is 25.7 Å². The Kier molecular flexibility index (Phi) is 8.72. The quantitative estimate of drug-likeness (QED) is 0.478. The Bertz CT molecular complexity index is 155. The molecule has 2 unspecified atom stereocenters. The third-order valence-electron chi connectivity index (χ3n) is 2.98. The maximum absolute atomic E-state index is 3.79. The van der Waals surface area contributed by atoms with Crippen LogP contribution in [0.4, 0.5) is 0 Å². The van der Waals surface area contributed by atoms with Gasteiger partial charge in [-0.25, -0.2) is 0 Å². The predicted molar refractivity (Wildman–Crippen MR) is 66.4 cm³/mol. The maximum Gasteiger partial charge on any atom is -0.0322 e. The van der Waals surface area contributed by atoms with Crippen LogP contribution in [-0.4, -0.2) is 0 Å². The summed E-state index contributed by atoms with van der Waals surface area (Å²) < 4.78 is 0. The smallest absolute Gasteiger partial charge is 0.0322 e. The average Bonchev–Trinajstić information content (AvgIpc) is 2.19. The molecule has 0 aliphatic rings. The lowest BCUT2D eigenvalue weighted by Crippen LogP contribution is -2.09. The van der Waals surface area contributed by atoms with E-state index in [-0.39, 0.29) is 0 Å². The Hall–Kier alpha value is -0.520. The number of allylic oxidation sites excluding steroid dienone is 3. The molecule has 0 fully saturated rings. The molecule has 0 aromatic heterocycles. The molecule has 0 nitrogen and oxygen atoms in total. The fourth-order valence-corrected chi connectivity index (χ4v) is 1.89. The van der Waals surface area contributed by atoms with Crippen LogP contribution in [0.2, 0.25) is 0 Å². The number of hydrogen-bond donors (Lipinski definition) is 0. The van der Waals surface area contributed by atoms with E-state index in [0.717, 1.165) is 18.3 Å². The summed E-state index contributed by atoms with van der Waals surface area (Å²) in [6.07, 6.45) is 12.8. The first-order chi connectivity index (χ1) is 6.76. The Labute approximate surface area is 90.1 Å². The highest BCUT2D eigenvalue weighted by Gasteiger charge is 2.12. The van der Waals surface area contributed by atoms with Gasteiger partial charge in [-0.2, -0.15) is 0 Å². The SMILES string of the molecule is C=CCCC(CC)C(C)CC=CCC. The van der Waals surface area contributed by atoms with Crippen molar-refractivity contribution in [1.29, 1.82) is 0 Å². The van der Waals surface area contributed by atoms with E-state index in [0.29, 0.717) is 0 Å². The van der Waals surface area contributed by atoms with Gasteiger partial charge in [-0.15, -0.1) is 6.58 Å². The van der Waals surface area contributed by atoms with E-state index in [2.05, 4.69) is 39.5 Å². The molecule has 82 valence electrons. The molecule has 0 aromatic carbocycles. The van der Waals surface area contributed by atoms with Crippen LogP contribution >= 0.6 is 0 Å². The van der Waals surface area contributed by atoms with Crippen molar-refractivity contribution in [3.63, 3.8) is 0 Å². The van der Waals surface area contributed by atoms with Gasteiger partial charge in [-0.3, -0.25) is 0 Å². The van der Waals surface area contributed by atoms with Crippen molar-refractivity contribution >= 4 is 0 Å². The molecule has 0 aliphatic carbocycles. The minimum absolute atomic E-state index is 0.822. The Morgan fingerprint density at radius 2 is 1.93 bits per heavy atom. The van der Waals surface area contributed by atoms with E-state index < -0.39 is 0 Å². The summed E-state index contributed by atoms with van der Waals surface area (Å²) in [5, 5.41) is 0. The van der Waals surface area contributed by atoms with Gasteiger partial charge in [-0.1, -0.05) is 45.4 Å². The zero-order valence-electron chi connectivity index (χ0n) is 10.1. The van der Waals surface area contributed by atoms with Crippen LogP contribution in [0.3, 0.4) is 0 Å². The van der Waals surface area contributed by atoms with Crippen LogP contribution in [0.25, 0.3) is 0 Å². The van der Waals surface area contributed by atoms with Crippen molar-refractivity contribution in [1.82, 2.24) is 0 Å². The van der Waals surface area contributed by atoms with Crippen molar-refractivity contribution in [2.75, 3.05) is 0 Å². The first-order valence-corrected chi connectivity index (χ1v) is 6.02. The summed E-state index contributed by atoms with van der Waals surface area (Å²) in [4.78, 5) is 0. The van der Waals surface area contributed by atoms with Gasteiger partial charge in [0.2, 0.25) is 0 Å². The standard InChI is InChI=1S/C14H26/c1-5-8-10-11-13(4)14(7-3)12-9-6-2/h6,8,10,13-14H,2,5,7,9,11-12H2,1,3-4H3. The van der Waals surface area contributed by atoms with Crippen molar-refractivity contribution in [2.45, 2.75) is 52.9 Å². The Morgan fingerprint density at radius 3 is 2.43 bits per heavy atom. The summed E-state index contributed by atoms with van der Waals surface area (Å²) in [6, 6.07) is 0. The largest absolute Gasteiger partial charge is 0.103 e. The molecular formula is C14H26. The highest BCUT2D eigenvalue weighted by molar-refractivity contribution is 4.84. The molecule has 0 amide bonds. The lowest BCUT2D eigenvalue weighted by atomic mass is 9.85. The molecule has 0 heterocycles. The molecule has 0 rings (SSSR count). The van der Waals surface area contributed by atoms with Crippen LogP contribution in [0.15, 0.2) is 24.8 Å². The molecule has 0 saturated heterocycles. The second-order valence-electron chi connectivity index (χ2n) is 4.13. The van der Waals surface area contributed by atoms with Crippen LogP contribution in [-0.2, 0) is 0 Å². The summed E-state index contributed by atoms with van der Waals surface area (Å²) in [5.41, 5.74) is 0. The van der Waals surface area contributed by atoms with Gasteiger partial charge in [0.1, 0.15) is 0 Å². The van der Waals surface area contributed by atoms with Crippen molar-refractivity contribution in [2.24, 2.45) is 11.8 Å². The highest BCUT2D eigenvalue weighted by Crippen LogP contribution is 2.24. The van der Waals surface area contributed by atoms with Gasteiger partial charge in [0, 0.05) is 0 Å². The number of rotatable bonds is 8. The van der Waals surface area contributed by atoms with Crippen LogP contribution in [0, 0.1) is 11.8 Å². The minimum atomic E-state index is 0.822. The van der Waals surface area contributed by atoms with Gasteiger partial charge >= 0.3 is 0 Å². The normalized spacial score (nSPS) is 15.6. The molecule has 0 spiro atoms. The van der Waals surface area contributed by atoms with Crippen LogP contribution in [0.1, 0.15) is 52.9 Å². The highest BCUT2D eigenvalue weighted by atomic mass is 14.2. The van der Waals surface area contributed by atoms with E-state index in [1.807, 2.05) is 6.08 Å². The zero-order chi connectivity index (χ0) is 10.8. The van der Waals surface area contributed by atoms with E-state index in [4.69, 9.17) is 0 Å². The third kappa shape index (κ3) is 6.01. The molecule has 0 aliphatic heterocycles. The van der Waals surface area contributed by atoms with Gasteiger partial charge in [0.15, 0.2) is 0 Å². The van der Waals surface area contributed by atoms with Crippen molar-refractivity contribution in [3.8, 4) is 0 Å². The topological polar surface area (TPSA) is 0 Å². The maximum atomic E-state index is 3.79. The Balaban J connectivity index is 3.83. The first kappa shape index (κ1) is 13.5. The molecule has 0 aromatic rings. The van der Waals surface area contributed by atoms with Crippen LogP contribution in [0.5, 0.6) is 0 Å². The summed E-state index contributed by atoms with van der Waals surface area (Å²) in [7, 11) is 0. The molecule has 0 bridgehead atoms. The predicted octanol–water partition coefficient (Wildman–Crippen LogP) is 4.97. The Morgan fingerprint density at radius 1 is 1.21 bits per heavy atom. The van der Waals surface area contributed by atoms with E-state index in [1.54, 1.807) is 0 Å². The molecule has 0 N–H and O–H groups in total. The summed E-state index contributed by atoms with van der Waals surface area (Å²) in [6.45, 7) is 10.7. The number of hydrogen-bond acceptors (Lipinski definition) is 0. The van der Waals surface area contributed by atoms with Gasteiger partial charge in [0.25, 0.3) is 0 Å².